The van der Waals surface area contributed by atoms with Crippen LogP contribution < -0.4 is 0 Å². The Labute approximate surface area is 66.3 Å². The minimum Gasteiger partial charge on any atom is -0.382 e. The smallest absolute Gasteiger partial charge is 0.233 e. The fourth-order valence-corrected chi connectivity index (χ4v) is 0.426. The molecule has 0 bridgehead atoms. The molecule has 0 aliphatic heterocycles. The first kappa shape index (κ1) is 10.1. The fraction of sp³-hybridized carbons (Fsp3) is 0.500. The zero-order valence-electron chi connectivity index (χ0n) is 6.50. The highest BCUT2D eigenvalue weighted by Gasteiger charge is 1.80. The van der Waals surface area contributed by atoms with Crippen LogP contribution in [0.2, 0.25) is 0 Å². The Balaban J connectivity index is 3.13. The molecule has 0 fully saturated rings. The van der Waals surface area contributed by atoms with Crippen molar-refractivity contribution in [3.63, 3.8) is 0 Å². The molecule has 1 radical (unpaired) electrons. The van der Waals surface area contributed by atoms with E-state index in [-0.39, 0.29) is 0 Å². The second-order valence-corrected chi connectivity index (χ2v) is 1.70. The van der Waals surface area contributed by atoms with Crippen LogP contribution in [0.5, 0.6) is 0 Å². The summed E-state index contributed by atoms with van der Waals surface area (Å²) in [6, 6.07) is 0. The van der Waals surface area contributed by atoms with E-state index in [0.29, 0.717) is 19.8 Å². The standard InChI is InChI=1S/C8H11O3/c1-10-7-8-11-6-4-2-3-5-9/h3-4H,6-8H2,1H3. The zero-order chi connectivity index (χ0) is 8.36. The Hall–Kier alpha value is -0.890. The van der Waals surface area contributed by atoms with E-state index in [4.69, 9.17) is 9.47 Å². The van der Waals surface area contributed by atoms with Crippen molar-refractivity contribution in [3.05, 3.63) is 17.9 Å². The van der Waals surface area contributed by atoms with Crippen molar-refractivity contribution in [3.8, 4) is 0 Å². The Morgan fingerprint density at radius 1 is 1.45 bits per heavy atom. The molecule has 0 spiro atoms. The summed E-state index contributed by atoms with van der Waals surface area (Å²) in [7, 11) is 1.61. The van der Waals surface area contributed by atoms with E-state index in [2.05, 4.69) is 5.73 Å². The van der Waals surface area contributed by atoms with Crippen molar-refractivity contribution in [1.82, 2.24) is 0 Å². The highest BCUT2D eigenvalue weighted by molar-refractivity contribution is 5.65. The van der Waals surface area contributed by atoms with Gasteiger partial charge in [-0.05, 0) is 6.08 Å². The first-order chi connectivity index (χ1) is 5.41. The molecule has 0 unspecified atom stereocenters. The third-order valence-electron chi connectivity index (χ3n) is 0.893. The summed E-state index contributed by atoms with van der Waals surface area (Å²) >= 11 is 0. The number of rotatable bonds is 6. The Bertz CT molecular complexity index is 145. The van der Waals surface area contributed by atoms with E-state index < -0.39 is 0 Å². The van der Waals surface area contributed by atoms with Gasteiger partial charge in [-0.3, -0.25) is 4.79 Å². The van der Waals surface area contributed by atoms with E-state index in [9.17, 15) is 4.79 Å². The van der Waals surface area contributed by atoms with Gasteiger partial charge in [-0.25, -0.2) is 0 Å². The van der Waals surface area contributed by atoms with Crippen molar-refractivity contribution in [2.24, 2.45) is 0 Å². The lowest BCUT2D eigenvalue weighted by Gasteiger charge is -1.96. The maximum absolute atomic E-state index is 9.62. The molecule has 0 N–H and O–H groups in total. The molecule has 0 saturated heterocycles. The van der Waals surface area contributed by atoms with E-state index in [1.807, 2.05) is 0 Å². The molecule has 0 rings (SSSR count). The van der Waals surface area contributed by atoms with Gasteiger partial charge in [0.1, 0.15) is 0 Å². The monoisotopic (exact) mass is 155 g/mol. The minimum atomic E-state index is 0.446. The third kappa shape index (κ3) is 9.11. The Kier molecular flexibility index (Phi) is 8.37. The number of carbonyl (C=O) groups excluding carboxylic acids is 1. The predicted octanol–water partition coefficient (Wildman–Crippen LogP) is 0.470. The lowest BCUT2D eigenvalue weighted by molar-refractivity contribution is 0.0854. The van der Waals surface area contributed by atoms with Crippen LogP contribution >= 0.6 is 0 Å². The van der Waals surface area contributed by atoms with Gasteiger partial charge in [0.25, 0.3) is 0 Å². The van der Waals surface area contributed by atoms with Crippen LogP contribution in [0.1, 0.15) is 0 Å². The van der Waals surface area contributed by atoms with Gasteiger partial charge in [0.05, 0.1) is 19.8 Å². The van der Waals surface area contributed by atoms with Crippen LogP contribution in [0.3, 0.4) is 0 Å². The number of hydrogen-bond donors (Lipinski definition) is 0. The topological polar surface area (TPSA) is 35.5 Å². The van der Waals surface area contributed by atoms with E-state index in [0.717, 1.165) is 0 Å². The average molecular weight is 155 g/mol. The van der Waals surface area contributed by atoms with Crippen molar-refractivity contribution in [1.29, 1.82) is 0 Å². The van der Waals surface area contributed by atoms with Gasteiger partial charge in [0, 0.05) is 13.2 Å². The first-order valence-electron chi connectivity index (χ1n) is 3.25. The largest absolute Gasteiger partial charge is 0.382 e. The number of hydrogen-bond acceptors (Lipinski definition) is 3. The van der Waals surface area contributed by atoms with E-state index in [1.165, 1.54) is 6.08 Å². The summed E-state index contributed by atoms with van der Waals surface area (Å²) in [5.41, 5.74) is 2.57. The molecule has 3 heteroatoms. The summed E-state index contributed by atoms with van der Waals surface area (Å²) in [6.45, 7) is 1.58. The molecule has 0 aliphatic rings. The molecule has 3 nitrogen and oxygen atoms in total. The molecule has 0 saturated carbocycles. The van der Waals surface area contributed by atoms with E-state index in [1.54, 1.807) is 19.5 Å². The summed E-state index contributed by atoms with van der Waals surface area (Å²) in [5, 5.41) is 0. The first-order valence-corrected chi connectivity index (χ1v) is 3.25. The average Bonchev–Trinajstić information content (AvgIpc) is 2.03. The molecule has 61 valence electrons. The van der Waals surface area contributed by atoms with Crippen molar-refractivity contribution >= 4 is 6.29 Å². The number of methoxy groups -OCH3 is 1. The van der Waals surface area contributed by atoms with Gasteiger partial charge in [-0.15, -0.1) is 5.73 Å². The SMILES string of the molecule is COCCOCC=C=C[C]=O. The summed E-state index contributed by atoms with van der Waals surface area (Å²) in [5.74, 6) is 0. The van der Waals surface area contributed by atoms with Gasteiger partial charge in [-0.1, -0.05) is 0 Å². The molecule has 0 atom stereocenters. The lowest BCUT2D eigenvalue weighted by atomic mass is 10.5. The molecular weight excluding hydrogens is 144 g/mol. The molecule has 0 aliphatic carbocycles. The van der Waals surface area contributed by atoms with Crippen molar-refractivity contribution in [2.75, 3.05) is 26.9 Å². The van der Waals surface area contributed by atoms with Gasteiger partial charge >= 0.3 is 0 Å². The molecule has 0 aromatic carbocycles. The van der Waals surface area contributed by atoms with Crippen LogP contribution in [0.4, 0.5) is 0 Å². The van der Waals surface area contributed by atoms with Gasteiger partial charge in [0.2, 0.25) is 6.29 Å². The number of ether oxygens (including phenoxy) is 2. The molecule has 11 heavy (non-hydrogen) atoms. The molecule has 0 aromatic heterocycles. The summed E-state index contributed by atoms with van der Waals surface area (Å²) in [4.78, 5) is 9.62. The molecule has 0 aromatic rings. The highest BCUT2D eigenvalue weighted by atomic mass is 16.5. The second-order valence-electron chi connectivity index (χ2n) is 1.70. The van der Waals surface area contributed by atoms with Crippen molar-refractivity contribution in [2.45, 2.75) is 0 Å². The normalized spacial score (nSPS) is 8.45. The van der Waals surface area contributed by atoms with Crippen LogP contribution in [-0.4, -0.2) is 33.2 Å². The lowest BCUT2D eigenvalue weighted by Crippen LogP contribution is -2.00. The quantitative estimate of drug-likeness (QED) is 0.318. The third-order valence-corrected chi connectivity index (χ3v) is 0.893. The van der Waals surface area contributed by atoms with Crippen molar-refractivity contribution < 1.29 is 14.3 Å². The molecule has 0 amide bonds. The maximum Gasteiger partial charge on any atom is 0.233 e. The zero-order valence-corrected chi connectivity index (χ0v) is 6.50. The Morgan fingerprint density at radius 2 is 2.27 bits per heavy atom. The van der Waals surface area contributed by atoms with Gasteiger partial charge in [0.15, 0.2) is 0 Å². The summed E-state index contributed by atoms with van der Waals surface area (Å²) < 4.78 is 9.77. The molecule has 0 heterocycles. The maximum atomic E-state index is 9.62. The summed E-state index contributed by atoms with van der Waals surface area (Å²) in [6.07, 6.45) is 4.35. The Morgan fingerprint density at radius 3 is 2.91 bits per heavy atom. The van der Waals surface area contributed by atoms with Crippen LogP contribution in [-0.2, 0) is 14.3 Å². The van der Waals surface area contributed by atoms with Crippen LogP contribution in [0.15, 0.2) is 17.9 Å². The van der Waals surface area contributed by atoms with Crippen LogP contribution in [0.25, 0.3) is 0 Å². The predicted molar refractivity (Wildman–Crippen MR) is 41.0 cm³/mol. The van der Waals surface area contributed by atoms with Crippen LogP contribution in [0, 0.1) is 0 Å². The fourth-order valence-electron chi connectivity index (χ4n) is 0.426. The van der Waals surface area contributed by atoms with Gasteiger partial charge in [-0.2, -0.15) is 0 Å². The second kappa shape index (κ2) is 9.11. The highest BCUT2D eigenvalue weighted by Crippen LogP contribution is 1.76. The minimum absolute atomic E-state index is 0.446. The molecular formula is C8H11O3. The van der Waals surface area contributed by atoms with E-state index >= 15 is 0 Å². The van der Waals surface area contributed by atoms with Gasteiger partial charge < -0.3 is 9.47 Å².